The van der Waals surface area contributed by atoms with E-state index in [0.29, 0.717) is 28.1 Å². The lowest BCUT2D eigenvalue weighted by atomic mass is 10.1. The number of hydrogen-bond acceptors (Lipinski definition) is 5. The van der Waals surface area contributed by atoms with Crippen LogP contribution >= 0.6 is 56.9 Å². The lowest BCUT2D eigenvalue weighted by Crippen LogP contribution is -2.19. The summed E-state index contributed by atoms with van der Waals surface area (Å²) in [5.74, 6) is 1.33. The number of fused-ring (bicyclic) bond motifs is 1. The number of halogens is 2. The molecule has 4 aromatic rings. The van der Waals surface area contributed by atoms with Crippen molar-refractivity contribution in [3.63, 3.8) is 0 Å². The summed E-state index contributed by atoms with van der Waals surface area (Å²) in [7, 11) is 1.61. The molecule has 1 amide bonds. The van der Waals surface area contributed by atoms with Crippen LogP contribution in [0, 0.1) is 14.1 Å². The Morgan fingerprint density at radius 1 is 1.00 bits per heavy atom. The van der Waals surface area contributed by atoms with Crippen LogP contribution in [0.4, 0.5) is 5.69 Å². The molecular formula is C29H22I2N2O3S. The Hall–Kier alpha value is -2.57. The Labute approximate surface area is 247 Å². The Morgan fingerprint density at radius 2 is 1.76 bits per heavy atom. The summed E-state index contributed by atoms with van der Waals surface area (Å²) in [5.41, 5.74) is 3.82. The van der Waals surface area contributed by atoms with Crippen molar-refractivity contribution in [2.75, 3.05) is 7.11 Å². The number of carbonyl (C=O) groups is 1. The number of nitrogens with one attached hydrogen (secondary N) is 1. The summed E-state index contributed by atoms with van der Waals surface area (Å²) in [4.78, 5) is 17.9. The number of rotatable bonds is 6. The van der Waals surface area contributed by atoms with Gasteiger partial charge < -0.3 is 14.8 Å². The maximum atomic E-state index is 12.7. The number of carbonyl (C=O) groups excluding carboxylic acids is 1. The summed E-state index contributed by atoms with van der Waals surface area (Å²) >= 11 is 5.90. The number of hydrogen-bond donors (Lipinski definition) is 1. The molecule has 1 aliphatic heterocycles. The molecular weight excluding hydrogens is 710 g/mol. The first-order chi connectivity index (χ1) is 17.9. The molecule has 0 saturated carbocycles. The van der Waals surface area contributed by atoms with Crippen LogP contribution in [-0.4, -0.2) is 18.2 Å². The fraction of sp³-hybridized carbons (Fsp3) is 0.103. The zero-order valence-corrected chi connectivity index (χ0v) is 25.2. The van der Waals surface area contributed by atoms with E-state index in [1.54, 1.807) is 7.11 Å². The monoisotopic (exact) mass is 732 g/mol. The fourth-order valence-corrected chi connectivity index (χ4v) is 6.96. The van der Waals surface area contributed by atoms with Gasteiger partial charge in [0.05, 0.1) is 19.2 Å². The third-order valence-electron chi connectivity index (χ3n) is 5.78. The van der Waals surface area contributed by atoms with E-state index in [4.69, 9.17) is 9.47 Å². The predicted octanol–water partition coefficient (Wildman–Crippen LogP) is 7.84. The van der Waals surface area contributed by atoms with Gasteiger partial charge in [0.25, 0.3) is 5.91 Å². The molecule has 0 aliphatic carbocycles. The number of methoxy groups -OCH3 is 1. The van der Waals surface area contributed by atoms with E-state index in [9.17, 15) is 4.79 Å². The molecule has 1 fully saturated rings. The summed E-state index contributed by atoms with van der Waals surface area (Å²) < 4.78 is 13.7. The Balaban J connectivity index is 1.35. The lowest BCUT2D eigenvalue weighted by Gasteiger charge is -2.13. The highest BCUT2D eigenvalue weighted by atomic mass is 127. The normalized spacial score (nSPS) is 15.4. The minimum atomic E-state index is -0.170. The third-order valence-corrected chi connectivity index (χ3v) is 8.29. The number of amidine groups is 1. The summed E-state index contributed by atoms with van der Waals surface area (Å²) in [5, 5.41) is 5.78. The molecule has 1 aliphatic rings. The lowest BCUT2D eigenvalue weighted by molar-refractivity contribution is -0.115. The zero-order chi connectivity index (χ0) is 25.9. The number of thioether (sulfide) groups is 1. The number of benzene rings is 4. The average Bonchev–Trinajstić information content (AvgIpc) is 3.21. The van der Waals surface area contributed by atoms with E-state index in [-0.39, 0.29) is 5.91 Å². The van der Waals surface area contributed by atoms with Crippen LogP contribution in [0.1, 0.15) is 16.7 Å². The van der Waals surface area contributed by atoms with Gasteiger partial charge in [0, 0.05) is 0 Å². The van der Waals surface area contributed by atoms with Crippen LogP contribution in [0.2, 0.25) is 0 Å². The van der Waals surface area contributed by atoms with Crippen molar-refractivity contribution in [3.8, 4) is 11.5 Å². The number of aryl methyl sites for hydroxylation is 1. The quantitative estimate of drug-likeness (QED) is 0.162. The van der Waals surface area contributed by atoms with Crippen LogP contribution in [0.25, 0.3) is 16.8 Å². The number of aliphatic imine (C=N–C) groups is 1. The molecule has 37 heavy (non-hydrogen) atoms. The standard InChI is InChI=1S/C29H22I2N2O3S/c1-17-10-11-25(35-2)24(12-17)32-29-33-28(34)26(37-29)15-18-13-22(30)27(23(31)14-18)36-16-20-8-5-7-19-6-3-4-9-21(19)20/h3-15H,16H2,1-2H3,(H,32,33,34)/b26-15-. The topological polar surface area (TPSA) is 59.9 Å². The summed E-state index contributed by atoms with van der Waals surface area (Å²) in [6.45, 7) is 2.47. The zero-order valence-electron chi connectivity index (χ0n) is 20.0. The average molecular weight is 732 g/mol. The van der Waals surface area contributed by atoms with Crippen molar-refractivity contribution < 1.29 is 14.3 Å². The molecule has 5 rings (SSSR count). The largest absolute Gasteiger partial charge is 0.494 e. The van der Waals surface area contributed by atoms with Crippen molar-refractivity contribution in [2.24, 2.45) is 4.99 Å². The highest BCUT2D eigenvalue weighted by Crippen LogP contribution is 2.35. The molecule has 1 N–H and O–H groups in total. The smallest absolute Gasteiger partial charge is 0.264 e. The molecule has 4 aromatic carbocycles. The summed E-state index contributed by atoms with van der Waals surface area (Å²) in [6.07, 6.45) is 1.88. The molecule has 0 spiro atoms. The second kappa shape index (κ2) is 11.4. The van der Waals surface area contributed by atoms with Gasteiger partial charge in [-0.15, -0.1) is 0 Å². The first-order valence-corrected chi connectivity index (χ1v) is 14.4. The Bertz CT molecular complexity index is 1550. The van der Waals surface area contributed by atoms with Gasteiger partial charge >= 0.3 is 0 Å². The van der Waals surface area contributed by atoms with E-state index in [1.165, 1.54) is 22.5 Å². The third kappa shape index (κ3) is 5.96. The van der Waals surface area contributed by atoms with Gasteiger partial charge in [0.1, 0.15) is 23.8 Å². The van der Waals surface area contributed by atoms with Gasteiger partial charge in [-0.3, -0.25) is 4.79 Å². The molecule has 1 heterocycles. The van der Waals surface area contributed by atoms with Gasteiger partial charge in [0.15, 0.2) is 5.17 Å². The SMILES string of the molecule is COc1ccc(C)cc1N=C1NC(=O)/C(=C/c2cc(I)c(OCc3cccc4ccccc34)c(I)c2)S1. The van der Waals surface area contributed by atoms with E-state index < -0.39 is 0 Å². The molecule has 0 atom stereocenters. The first kappa shape index (κ1) is 26.1. The van der Waals surface area contributed by atoms with E-state index in [2.05, 4.69) is 85.8 Å². The molecule has 1 saturated heterocycles. The minimum absolute atomic E-state index is 0.170. The van der Waals surface area contributed by atoms with E-state index >= 15 is 0 Å². The molecule has 5 nitrogen and oxygen atoms in total. The van der Waals surface area contributed by atoms with Crippen molar-refractivity contribution in [1.29, 1.82) is 0 Å². The molecule has 8 heteroatoms. The van der Waals surface area contributed by atoms with Crippen LogP contribution < -0.4 is 14.8 Å². The Kier molecular flexibility index (Phi) is 8.06. The summed E-state index contributed by atoms with van der Waals surface area (Å²) in [6, 6.07) is 24.4. The molecule has 0 bridgehead atoms. The number of amides is 1. The maximum absolute atomic E-state index is 12.7. The Morgan fingerprint density at radius 3 is 2.54 bits per heavy atom. The van der Waals surface area contributed by atoms with Crippen LogP contribution in [0.5, 0.6) is 11.5 Å². The number of ether oxygens (including phenoxy) is 2. The van der Waals surface area contributed by atoms with Crippen LogP contribution in [-0.2, 0) is 11.4 Å². The second-order valence-electron chi connectivity index (χ2n) is 8.40. The van der Waals surface area contributed by atoms with Gasteiger partial charge in [-0.05, 0) is 122 Å². The van der Waals surface area contributed by atoms with Crippen LogP contribution in [0.3, 0.4) is 0 Å². The van der Waals surface area contributed by atoms with Gasteiger partial charge in [-0.2, -0.15) is 0 Å². The fourth-order valence-electron chi connectivity index (χ4n) is 4.00. The molecule has 0 unspecified atom stereocenters. The highest BCUT2D eigenvalue weighted by molar-refractivity contribution is 14.1. The predicted molar refractivity (Wildman–Crippen MR) is 169 cm³/mol. The second-order valence-corrected chi connectivity index (χ2v) is 11.8. The highest BCUT2D eigenvalue weighted by Gasteiger charge is 2.24. The van der Waals surface area contributed by atoms with Gasteiger partial charge in [0.2, 0.25) is 0 Å². The minimum Gasteiger partial charge on any atom is -0.494 e. The molecule has 186 valence electrons. The van der Waals surface area contributed by atoms with Crippen molar-refractivity contribution in [2.45, 2.75) is 13.5 Å². The maximum Gasteiger partial charge on any atom is 0.264 e. The van der Waals surface area contributed by atoms with Gasteiger partial charge in [-0.25, -0.2) is 4.99 Å². The van der Waals surface area contributed by atoms with Crippen molar-refractivity contribution in [3.05, 3.63) is 102 Å². The van der Waals surface area contributed by atoms with Crippen molar-refractivity contribution >= 4 is 90.6 Å². The van der Waals surface area contributed by atoms with Gasteiger partial charge in [-0.1, -0.05) is 48.5 Å². The van der Waals surface area contributed by atoms with E-state index in [1.807, 2.05) is 55.5 Å². The van der Waals surface area contributed by atoms with Crippen molar-refractivity contribution in [1.82, 2.24) is 5.32 Å². The van der Waals surface area contributed by atoms with Crippen LogP contribution in [0.15, 0.2) is 82.7 Å². The molecule has 0 aromatic heterocycles. The number of nitrogens with zero attached hydrogens (tertiary/aromatic N) is 1. The molecule has 0 radical (unpaired) electrons. The van der Waals surface area contributed by atoms with E-state index in [0.717, 1.165) is 29.6 Å². The first-order valence-electron chi connectivity index (χ1n) is 11.4.